The van der Waals surface area contributed by atoms with Crippen LogP contribution in [0.1, 0.15) is 27.2 Å². The van der Waals surface area contributed by atoms with Crippen molar-refractivity contribution < 1.29 is 14.3 Å². The second kappa shape index (κ2) is 8.47. The van der Waals surface area contributed by atoms with Crippen molar-refractivity contribution in [2.24, 2.45) is 5.73 Å². The van der Waals surface area contributed by atoms with E-state index in [1.54, 1.807) is 11.8 Å². The van der Waals surface area contributed by atoms with Crippen LogP contribution in [0.4, 0.5) is 0 Å². The molecule has 0 saturated carbocycles. The third-order valence-electron chi connectivity index (χ3n) is 3.20. The van der Waals surface area contributed by atoms with Gasteiger partial charge in [-0.1, -0.05) is 0 Å². The number of ether oxygens (including phenoxy) is 2. The minimum atomic E-state index is -0.496. The minimum Gasteiger partial charge on any atom is -0.351 e. The summed E-state index contributed by atoms with van der Waals surface area (Å²) in [7, 11) is 0. The number of nitrogens with zero attached hydrogens (tertiary/aromatic N) is 1. The molecule has 6 nitrogen and oxygen atoms in total. The van der Waals surface area contributed by atoms with Crippen molar-refractivity contribution in [1.82, 2.24) is 10.2 Å². The molecule has 1 rings (SSSR count). The van der Waals surface area contributed by atoms with E-state index in [2.05, 4.69) is 5.32 Å². The predicted molar refractivity (Wildman–Crippen MR) is 73.7 cm³/mol. The monoisotopic (exact) mass is 273 g/mol. The van der Waals surface area contributed by atoms with E-state index in [4.69, 9.17) is 15.2 Å². The maximum Gasteiger partial charge on any atom is 0.239 e. The van der Waals surface area contributed by atoms with Crippen LogP contribution in [0.5, 0.6) is 0 Å². The number of carbonyl (C=O) groups excluding carboxylic acids is 1. The molecule has 0 aromatic heterocycles. The Bertz CT molecular complexity index is 262. The van der Waals surface area contributed by atoms with Crippen LogP contribution >= 0.6 is 0 Å². The van der Waals surface area contributed by atoms with Gasteiger partial charge in [-0.05, 0) is 33.7 Å². The molecule has 1 heterocycles. The third kappa shape index (κ3) is 5.06. The SMILES string of the molecule is CCOC(CN(C(=O)[C@H](C)N)[C@@H]1CCNC1)OCC. The molecule has 3 N–H and O–H groups in total. The second-order valence-corrected chi connectivity index (χ2v) is 4.77. The van der Waals surface area contributed by atoms with Crippen LogP contribution in [-0.4, -0.2) is 62.0 Å². The summed E-state index contributed by atoms with van der Waals surface area (Å²) < 4.78 is 11.1. The van der Waals surface area contributed by atoms with Gasteiger partial charge >= 0.3 is 0 Å². The van der Waals surface area contributed by atoms with Gasteiger partial charge in [0.05, 0.1) is 12.6 Å². The van der Waals surface area contributed by atoms with Crippen molar-refractivity contribution in [3.8, 4) is 0 Å². The van der Waals surface area contributed by atoms with E-state index in [0.717, 1.165) is 19.5 Å². The Balaban J connectivity index is 2.68. The quantitative estimate of drug-likeness (QED) is 0.605. The highest BCUT2D eigenvalue weighted by Crippen LogP contribution is 2.12. The average molecular weight is 273 g/mol. The van der Waals surface area contributed by atoms with Crippen molar-refractivity contribution in [3.63, 3.8) is 0 Å². The molecule has 0 unspecified atom stereocenters. The van der Waals surface area contributed by atoms with E-state index in [1.807, 2.05) is 13.8 Å². The second-order valence-electron chi connectivity index (χ2n) is 4.77. The first-order chi connectivity index (χ1) is 9.10. The third-order valence-corrected chi connectivity index (χ3v) is 3.20. The molecule has 0 radical (unpaired) electrons. The lowest BCUT2D eigenvalue weighted by Crippen LogP contribution is -2.51. The highest BCUT2D eigenvalue weighted by molar-refractivity contribution is 5.81. The molecule has 0 aromatic rings. The summed E-state index contributed by atoms with van der Waals surface area (Å²) in [5.74, 6) is -0.0434. The molecule has 112 valence electrons. The van der Waals surface area contributed by atoms with Crippen LogP contribution < -0.4 is 11.1 Å². The van der Waals surface area contributed by atoms with Gasteiger partial charge in [0.25, 0.3) is 0 Å². The first kappa shape index (κ1) is 16.4. The first-order valence-electron chi connectivity index (χ1n) is 7.10. The predicted octanol–water partition coefficient (Wildman–Crippen LogP) is -0.0768. The molecule has 19 heavy (non-hydrogen) atoms. The topological polar surface area (TPSA) is 76.8 Å². The zero-order valence-corrected chi connectivity index (χ0v) is 12.2. The minimum absolute atomic E-state index is 0.0434. The smallest absolute Gasteiger partial charge is 0.239 e. The van der Waals surface area contributed by atoms with Crippen LogP contribution in [0.2, 0.25) is 0 Å². The lowest BCUT2D eigenvalue weighted by molar-refractivity contribution is -0.162. The van der Waals surface area contributed by atoms with E-state index in [9.17, 15) is 4.79 Å². The van der Waals surface area contributed by atoms with Gasteiger partial charge in [0.1, 0.15) is 0 Å². The van der Waals surface area contributed by atoms with Crippen LogP contribution in [0.25, 0.3) is 0 Å². The van der Waals surface area contributed by atoms with Crippen LogP contribution in [0, 0.1) is 0 Å². The summed E-state index contributed by atoms with van der Waals surface area (Å²) in [6.07, 6.45) is 0.571. The van der Waals surface area contributed by atoms with E-state index in [-0.39, 0.29) is 18.2 Å². The van der Waals surface area contributed by atoms with Gasteiger partial charge in [0.15, 0.2) is 6.29 Å². The van der Waals surface area contributed by atoms with Gasteiger partial charge in [0.2, 0.25) is 5.91 Å². The molecule has 0 spiro atoms. The van der Waals surface area contributed by atoms with Gasteiger partial charge in [-0.15, -0.1) is 0 Å². The standard InChI is InChI=1S/C13H27N3O3/c1-4-18-12(19-5-2)9-16(13(17)10(3)14)11-6-7-15-8-11/h10-12,15H,4-9,14H2,1-3H3/t10-,11+/m0/s1. The van der Waals surface area contributed by atoms with Gasteiger partial charge in [0, 0.05) is 25.8 Å². The van der Waals surface area contributed by atoms with Crippen molar-refractivity contribution in [3.05, 3.63) is 0 Å². The summed E-state index contributed by atoms with van der Waals surface area (Å²) in [4.78, 5) is 14.0. The van der Waals surface area contributed by atoms with E-state index >= 15 is 0 Å². The Morgan fingerprint density at radius 2 is 2.05 bits per heavy atom. The molecular formula is C13H27N3O3. The Labute approximate surface area is 115 Å². The number of nitrogens with two attached hydrogens (primary N) is 1. The fourth-order valence-corrected chi connectivity index (χ4v) is 2.27. The van der Waals surface area contributed by atoms with Gasteiger partial charge in [-0.2, -0.15) is 0 Å². The van der Waals surface area contributed by atoms with Gasteiger partial charge in [-0.25, -0.2) is 0 Å². The molecule has 0 aliphatic carbocycles. The molecule has 2 atom stereocenters. The lowest BCUT2D eigenvalue weighted by atomic mass is 10.2. The Hall–Kier alpha value is -0.690. The number of hydrogen-bond donors (Lipinski definition) is 2. The van der Waals surface area contributed by atoms with Crippen LogP contribution in [0.15, 0.2) is 0 Å². The summed E-state index contributed by atoms with van der Waals surface area (Å²) in [6, 6.07) is -0.314. The maximum atomic E-state index is 12.2. The fraction of sp³-hybridized carbons (Fsp3) is 0.923. The Morgan fingerprint density at radius 1 is 1.42 bits per heavy atom. The zero-order valence-electron chi connectivity index (χ0n) is 12.2. The summed E-state index contributed by atoms with van der Waals surface area (Å²) in [6.45, 7) is 8.86. The molecule has 1 fully saturated rings. The highest BCUT2D eigenvalue weighted by atomic mass is 16.7. The van der Waals surface area contributed by atoms with E-state index in [0.29, 0.717) is 19.8 Å². The molecule has 6 heteroatoms. The average Bonchev–Trinajstić information content (AvgIpc) is 2.89. The molecular weight excluding hydrogens is 246 g/mol. The fourth-order valence-electron chi connectivity index (χ4n) is 2.27. The van der Waals surface area contributed by atoms with E-state index < -0.39 is 6.04 Å². The Kier molecular flexibility index (Phi) is 7.30. The molecule has 0 bridgehead atoms. The first-order valence-corrected chi connectivity index (χ1v) is 7.10. The zero-order chi connectivity index (χ0) is 14.3. The highest BCUT2D eigenvalue weighted by Gasteiger charge is 2.30. The van der Waals surface area contributed by atoms with Crippen LogP contribution in [-0.2, 0) is 14.3 Å². The lowest BCUT2D eigenvalue weighted by Gasteiger charge is -2.33. The number of nitrogens with one attached hydrogen (secondary N) is 1. The van der Waals surface area contributed by atoms with E-state index in [1.165, 1.54) is 0 Å². The van der Waals surface area contributed by atoms with Crippen LogP contribution in [0.3, 0.4) is 0 Å². The van der Waals surface area contributed by atoms with Gasteiger partial charge in [-0.3, -0.25) is 4.79 Å². The largest absolute Gasteiger partial charge is 0.351 e. The molecule has 1 aliphatic rings. The molecule has 0 aromatic carbocycles. The molecule has 1 saturated heterocycles. The van der Waals surface area contributed by atoms with Gasteiger partial charge < -0.3 is 25.4 Å². The summed E-state index contributed by atoms with van der Waals surface area (Å²) >= 11 is 0. The van der Waals surface area contributed by atoms with Crippen molar-refractivity contribution in [1.29, 1.82) is 0 Å². The summed E-state index contributed by atoms with van der Waals surface area (Å²) in [5, 5.41) is 3.27. The van der Waals surface area contributed by atoms with Crippen molar-refractivity contribution in [2.45, 2.75) is 45.6 Å². The number of amides is 1. The number of rotatable bonds is 8. The number of carbonyl (C=O) groups is 1. The normalized spacial score (nSPS) is 20.8. The maximum absolute atomic E-state index is 12.2. The van der Waals surface area contributed by atoms with Crippen molar-refractivity contribution >= 4 is 5.91 Å². The number of hydrogen-bond acceptors (Lipinski definition) is 5. The molecule has 1 amide bonds. The Morgan fingerprint density at radius 3 is 2.47 bits per heavy atom. The summed E-state index contributed by atoms with van der Waals surface area (Å²) in [5.41, 5.74) is 5.73. The molecule has 1 aliphatic heterocycles. The van der Waals surface area contributed by atoms with Crippen molar-refractivity contribution in [2.75, 3.05) is 32.8 Å².